The summed E-state index contributed by atoms with van der Waals surface area (Å²) >= 11 is 6.28. The molecule has 0 spiro atoms. The summed E-state index contributed by atoms with van der Waals surface area (Å²) in [6.07, 6.45) is 5.61. The van der Waals surface area contributed by atoms with E-state index in [1.165, 1.54) is 30.7 Å². The van der Waals surface area contributed by atoms with Gasteiger partial charge in [0.2, 0.25) is 0 Å². The number of hydrogen-bond acceptors (Lipinski definition) is 0. The molecule has 0 aliphatic heterocycles. The van der Waals surface area contributed by atoms with Crippen molar-refractivity contribution in [3.63, 3.8) is 0 Å². The van der Waals surface area contributed by atoms with Crippen LogP contribution in [0.4, 0.5) is 0 Å². The van der Waals surface area contributed by atoms with Crippen LogP contribution in [0, 0.1) is 0 Å². The first-order chi connectivity index (χ1) is 4.27. The third-order valence-electron chi connectivity index (χ3n) is 1.28. The van der Waals surface area contributed by atoms with Gasteiger partial charge in [0.05, 0.1) is 0 Å². The van der Waals surface area contributed by atoms with Crippen molar-refractivity contribution in [1.29, 1.82) is 0 Å². The first kappa shape index (κ1) is 10.6. The summed E-state index contributed by atoms with van der Waals surface area (Å²) in [5.74, 6) is 0. The summed E-state index contributed by atoms with van der Waals surface area (Å²) in [6.45, 7) is 2.25. The third kappa shape index (κ3) is 9.60. The molecular weight excluding hydrogens is 302 g/mol. The summed E-state index contributed by atoms with van der Waals surface area (Å²) in [6, 6.07) is 0. The number of halogens is 2. The third-order valence-corrected chi connectivity index (χ3v) is 7.81. The van der Waals surface area contributed by atoms with Gasteiger partial charge in [0.1, 0.15) is 0 Å². The average Bonchev–Trinajstić information content (AvgIpc) is 1.80. The Bertz CT molecular complexity index is 57.0. The molecule has 0 unspecified atom stereocenters. The van der Waals surface area contributed by atoms with Crippen LogP contribution in [-0.2, 0) is 0 Å². The Kier molecular flexibility index (Phi) is 9.07. The Balaban J connectivity index is 2.75. The zero-order valence-electron chi connectivity index (χ0n) is 5.87. The number of unbranched alkanes of at least 4 members (excludes halogenated alkanes) is 3. The van der Waals surface area contributed by atoms with E-state index in [0.717, 1.165) is 0 Å². The van der Waals surface area contributed by atoms with Crippen LogP contribution in [0.3, 0.4) is 0 Å². The summed E-state index contributed by atoms with van der Waals surface area (Å²) in [4.78, 5) is 1.44. The van der Waals surface area contributed by atoms with Gasteiger partial charge in [0, 0.05) is 0 Å². The van der Waals surface area contributed by atoms with Crippen molar-refractivity contribution >= 4 is 39.4 Å². The molecule has 0 amide bonds. The van der Waals surface area contributed by atoms with Crippen molar-refractivity contribution in [1.82, 2.24) is 0 Å². The molecule has 54 valence electrons. The SMILES string of the molecule is CCCCC[CH2][Ga]([Br])[Br]. The molecule has 0 aliphatic carbocycles. The van der Waals surface area contributed by atoms with Gasteiger partial charge < -0.3 is 0 Å². The quantitative estimate of drug-likeness (QED) is 0.534. The minimum atomic E-state index is -0.979. The van der Waals surface area contributed by atoms with Crippen LogP contribution < -0.4 is 0 Å². The molecule has 0 rings (SSSR count). The van der Waals surface area contributed by atoms with E-state index in [4.69, 9.17) is 0 Å². The topological polar surface area (TPSA) is 0 Å². The van der Waals surface area contributed by atoms with E-state index in [1.807, 2.05) is 0 Å². The Morgan fingerprint density at radius 2 is 1.78 bits per heavy atom. The van der Waals surface area contributed by atoms with Crippen molar-refractivity contribution in [3.05, 3.63) is 0 Å². The van der Waals surface area contributed by atoms with E-state index in [1.54, 1.807) is 0 Å². The summed E-state index contributed by atoms with van der Waals surface area (Å²) in [5.41, 5.74) is 0. The molecule has 0 fully saturated rings. The summed E-state index contributed by atoms with van der Waals surface area (Å²) in [7, 11) is 0. The second-order valence-electron chi connectivity index (χ2n) is 2.24. The number of hydrogen-bond donors (Lipinski definition) is 0. The Labute approximate surface area is 76.4 Å². The normalized spacial score (nSPS) is 9.67. The van der Waals surface area contributed by atoms with E-state index < -0.39 is 12.3 Å². The van der Waals surface area contributed by atoms with Crippen LogP contribution in [0.25, 0.3) is 0 Å². The van der Waals surface area contributed by atoms with Crippen molar-refractivity contribution in [2.45, 2.75) is 37.6 Å². The van der Waals surface area contributed by atoms with Crippen LogP contribution >= 0.6 is 27.1 Å². The fourth-order valence-electron chi connectivity index (χ4n) is 0.725. The zero-order chi connectivity index (χ0) is 7.11. The monoisotopic (exact) mass is 312 g/mol. The van der Waals surface area contributed by atoms with E-state index in [-0.39, 0.29) is 0 Å². The zero-order valence-corrected chi connectivity index (χ0v) is 11.5. The van der Waals surface area contributed by atoms with Crippen LogP contribution in [0.15, 0.2) is 0 Å². The van der Waals surface area contributed by atoms with Crippen LogP contribution in [0.5, 0.6) is 0 Å². The van der Waals surface area contributed by atoms with Crippen LogP contribution in [0.1, 0.15) is 32.6 Å². The van der Waals surface area contributed by atoms with Crippen LogP contribution in [-0.4, -0.2) is 12.3 Å². The van der Waals surface area contributed by atoms with E-state index in [0.29, 0.717) is 0 Å². The van der Waals surface area contributed by atoms with Gasteiger partial charge in [-0.25, -0.2) is 0 Å². The predicted octanol–water partition coefficient (Wildman–Crippen LogP) is 3.84. The predicted molar refractivity (Wildman–Crippen MR) is 52.6 cm³/mol. The molecule has 0 heterocycles. The van der Waals surface area contributed by atoms with Crippen molar-refractivity contribution in [3.8, 4) is 0 Å². The molecule has 0 saturated heterocycles. The van der Waals surface area contributed by atoms with E-state index in [9.17, 15) is 0 Å². The molecule has 0 radical (unpaired) electrons. The van der Waals surface area contributed by atoms with Gasteiger partial charge in [-0.1, -0.05) is 0 Å². The second kappa shape index (κ2) is 7.70. The molecule has 9 heavy (non-hydrogen) atoms. The van der Waals surface area contributed by atoms with Crippen molar-refractivity contribution < 1.29 is 0 Å². The molecule has 0 atom stereocenters. The van der Waals surface area contributed by atoms with Crippen LogP contribution in [0.2, 0.25) is 4.98 Å². The molecule has 0 N–H and O–H groups in total. The van der Waals surface area contributed by atoms with Gasteiger partial charge in [-0.15, -0.1) is 0 Å². The summed E-state index contributed by atoms with van der Waals surface area (Å²) < 4.78 is 0. The fraction of sp³-hybridized carbons (Fsp3) is 1.00. The van der Waals surface area contributed by atoms with Gasteiger partial charge in [0.25, 0.3) is 0 Å². The average molecular weight is 315 g/mol. The molecular formula is C6H13Br2Ga. The van der Waals surface area contributed by atoms with Gasteiger partial charge >= 0.3 is 77.0 Å². The Morgan fingerprint density at radius 3 is 2.22 bits per heavy atom. The van der Waals surface area contributed by atoms with E-state index in [2.05, 4.69) is 34.0 Å². The first-order valence-electron chi connectivity index (χ1n) is 3.55. The molecule has 0 aliphatic rings. The molecule has 0 aromatic heterocycles. The van der Waals surface area contributed by atoms with Crippen molar-refractivity contribution in [2.24, 2.45) is 0 Å². The first-order valence-corrected chi connectivity index (χ1v) is 16.6. The second-order valence-corrected chi connectivity index (χ2v) is 23.0. The standard InChI is InChI=1S/C6H13.2BrH.Ga/c1-3-5-6-4-2;;;/h1,3-6H2,2H3;2*1H;/q;;;+2/p-2. The van der Waals surface area contributed by atoms with Gasteiger partial charge in [-0.05, 0) is 0 Å². The molecule has 0 nitrogen and oxygen atoms in total. The van der Waals surface area contributed by atoms with Gasteiger partial charge in [-0.3, -0.25) is 0 Å². The molecule has 0 bridgehead atoms. The summed E-state index contributed by atoms with van der Waals surface area (Å²) in [5, 5.41) is 0. The molecule has 3 heteroatoms. The maximum atomic E-state index is 3.63. The Morgan fingerprint density at radius 1 is 1.11 bits per heavy atom. The van der Waals surface area contributed by atoms with E-state index >= 15 is 0 Å². The van der Waals surface area contributed by atoms with Gasteiger partial charge in [-0.2, -0.15) is 0 Å². The van der Waals surface area contributed by atoms with Crippen molar-refractivity contribution in [2.75, 3.05) is 0 Å². The molecule has 0 aromatic rings. The maximum absolute atomic E-state index is 3.63. The van der Waals surface area contributed by atoms with Gasteiger partial charge in [0.15, 0.2) is 0 Å². The minimum absolute atomic E-state index is 0.979. The molecule has 0 saturated carbocycles. The number of rotatable bonds is 5. The Hall–Kier alpha value is 1.60. The fourth-order valence-corrected chi connectivity index (χ4v) is 5.34. The molecule has 0 aromatic carbocycles.